The lowest BCUT2D eigenvalue weighted by Crippen LogP contribution is -2.30. The van der Waals surface area contributed by atoms with Gasteiger partial charge < -0.3 is 14.5 Å². The molecular formula is C15H16FNO3S. The van der Waals surface area contributed by atoms with E-state index in [-0.39, 0.29) is 23.6 Å². The number of carbonyl (C=O) groups excluding carboxylic acids is 1. The summed E-state index contributed by atoms with van der Waals surface area (Å²) in [5.41, 5.74) is 0. The van der Waals surface area contributed by atoms with Crippen molar-refractivity contribution in [2.24, 2.45) is 0 Å². The van der Waals surface area contributed by atoms with Crippen molar-refractivity contribution in [2.45, 2.75) is 11.0 Å². The lowest BCUT2D eigenvalue weighted by Gasteiger charge is -2.13. The van der Waals surface area contributed by atoms with Gasteiger partial charge in [-0.15, -0.1) is 11.8 Å². The Hall–Kier alpha value is -1.79. The Morgan fingerprint density at radius 2 is 2.14 bits per heavy atom. The van der Waals surface area contributed by atoms with Crippen LogP contribution in [0.1, 0.15) is 11.9 Å². The molecule has 1 unspecified atom stereocenters. The fraction of sp³-hybridized carbons (Fsp3) is 0.267. The number of hydrogen-bond acceptors (Lipinski definition) is 4. The second-order valence-electron chi connectivity index (χ2n) is 4.29. The van der Waals surface area contributed by atoms with Crippen LogP contribution in [-0.2, 0) is 9.53 Å². The number of thioether (sulfide) groups is 1. The van der Waals surface area contributed by atoms with Crippen molar-refractivity contribution in [3.63, 3.8) is 0 Å². The number of amides is 1. The molecular weight excluding hydrogens is 293 g/mol. The van der Waals surface area contributed by atoms with Gasteiger partial charge in [-0.25, -0.2) is 4.39 Å². The van der Waals surface area contributed by atoms with Crippen LogP contribution in [0.15, 0.2) is 52.0 Å². The molecule has 0 aliphatic heterocycles. The topological polar surface area (TPSA) is 51.5 Å². The number of ether oxygens (including phenoxy) is 1. The molecule has 0 fully saturated rings. The number of hydrogen-bond donors (Lipinski definition) is 1. The predicted molar refractivity (Wildman–Crippen MR) is 78.6 cm³/mol. The molecule has 1 heterocycles. The highest BCUT2D eigenvalue weighted by Gasteiger charge is 2.14. The molecule has 1 aromatic carbocycles. The zero-order valence-corrected chi connectivity index (χ0v) is 12.4. The highest BCUT2D eigenvalue weighted by atomic mass is 32.2. The third-order valence-corrected chi connectivity index (χ3v) is 3.83. The van der Waals surface area contributed by atoms with Gasteiger partial charge in [0.25, 0.3) is 0 Å². The monoisotopic (exact) mass is 309 g/mol. The smallest absolute Gasteiger partial charge is 0.230 e. The molecule has 21 heavy (non-hydrogen) atoms. The van der Waals surface area contributed by atoms with E-state index in [1.807, 2.05) is 0 Å². The van der Waals surface area contributed by atoms with Crippen LogP contribution in [0.5, 0.6) is 0 Å². The Morgan fingerprint density at radius 3 is 2.76 bits per heavy atom. The molecule has 0 aliphatic rings. The van der Waals surface area contributed by atoms with Gasteiger partial charge in [0.1, 0.15) is 17.7 Å². The van der Waals surface area contributed by atoms with Gasteiger partial charge in [-0.2, -0.15) is 0 Å². The van der Waals surface area contributed by atoms with E-state index in [9.17, 15) is 9.18 Å². The number of furan rings is 1. The van der Waals surface area contributed by atoms with E-state index in [0.717, 1.165) is 4.90 Å². The van der Waals surface area contributed by atoms with Gasteiger partial charge in [-0.3, -0.25) is 4.79 Å². The average Bonchev–Trinajstić information content (AvgIpc) is 3.01. The number of halogens is 1. The van der Waals surface area contributed by atoms with E-state index in [0.29, 0.717) is 12.3 Å². The van der Waals surface area contributed by atoms with E-state index in [2.05, 4.69) is 5.32 Å². The van der Waals surface area contributed by atoms with Crippen LogP contribution in [0, 0.1) is 5.82 Å². The summed E-state index contributed by atoms with van der Waals surface area (Å²) in [7, 11) is 1.56. The summed E-state index contributed by atoms with van der Waals surface area (Å²) in [4.78, 5) is 12.6. The maximum absolute atomic E-state index is 12.8. The zero-order valence-electron chi connectivity index (χ0n) is 11.5. The van der Waals surface area contributed by atoms with Crippen molar-refractivity contribution >= 4 is 17.7 Å². The molecule has 0 aliphatic carbocycles. The van der Waals surface area contributed by atoms with Crippen LogP contribution < -0.4 is 5.32 Å². The first-order valence-electron chi connectivity index (χ1n) is 6.40. The molecule has 1 amide bonds. The molecule has 1 atom stereocenters. The first kappa shape index (κ1) is 15.6. The number of carbonyl (C=O) groups is 1. The summed E-state index contributed by atoms with van der Waals surface area (Å²) in [5, 5.41) is 2.78. The minimum atomic E-state index is -0.306. The first-order valence-corrected chi connectivity index (χ1v) is 7.39. The highest BCUT2D eigenvalue weighted by molar-refractivity contribution is 8.00. The van der Waals surface area contributed by atoms with Crippen molar-refractivity contribution in [1.82, 2.24) is 5.32 Å². The average molecular weight is 309 g/mol. The highest BCUT2D eigenvalue weighted by Crippen LogP contribution is 2.18. The fourth-order valence-corrected chi connectivity index (χ4v) is 2.44. The lowest BCUT2D eigenvalue weighted by molar-refractivity contribution is -0.119. The minimum Gasteiger partial charge on any atom is -0.467 e. The lowest BCUT2D eigenvalue weighted by atomic mass is 10.2. The van der Waals surface area contributed by atoms with E-state index in [1.165, 1.54) is 23.9 Å². The molecule has 112 valence electrons. The van der Waals surface area contributed by atoms with Crippen molar-refractivity contribution in [1.29, 1.82) is 0 Å². The summed E-state index contributed by atoms with van der Waals surface area (Å²) in [6, 6.07) is 9.61. The normalized spacial score (nSPS) is 12.1. The van der Waals surface area contributed by atoms with Crippen molar-refractivity contribution in [3.05, 3.63) is 54.2 Å². The largest absolute Gasteiger partial charge is 0.467 e. The molecule has 6 heteroatoms. The molecule has 4 nitrogen and oxygen atoms in total. The SMILES string of the molecule is COC(CNC(=O)CSc1ccc(F)cc1)c1ccco1. The van der Waals surface area contributed by atoms with Gasteiger partial charge in [0, 0.05) is 12.0 Å². The number of methoxy groups -OCH3 is 1. The first-order chi connectivity index (χ1) is 10.2. The number of nitrogens with one attached hydrogen (secondary N) is 1. The van der Waals surface area contributed by atoms with Gasteiger partial charge in [0.2, 0.25) is 5.91 Å². The quantitative estimate of drug-likeness (QED) is 0.799. The summed E-state index contributed by atoms with van der Waals surface area (Å²) in [6.45, 7) is 0.340. The van der Waals surface area contributed by atoms with E-state index < -0.39 is 0 Å². The Balaban J connectivity index is 1.75. The summed E-state index contributed by atoms with van der Waals surface area (Å²) in [5.74, 6) is 0.535. The van der Waals surface area contributed by atoms with E-state index >= 15 is 0 Å². The van der Waals surface area contributed by atoms with Gasteiger partial charge in [-0.1, -0.05) is 0 Å². The van der Waals surface area contributed by atoms with Gasteiger partial charge in [0.15, 0.2) is 0 Å². The zero-order chi connectivity index (χ0) is 15.1. The van der Waals surface area contributed by atoms with Crippen LogP contribution >= 0.6 is 11.8 Å². The maximum atomic E-state index is 12.8. The van der Waals surface area contributed by atoms with Gasteiger partial charge in [-0.05, 0) is 36.4 Å². The molecule has 1 N–H and O–H groups in total. The molecule has 0 spiro atoms. The second kappa shape index (κ2) is 7.85. The summed E-state index contributed by atoms with van der Waals surface area (Å²) >= 11 is 1.35. The number of benzene rings is 1. The molecule has 0 radical (unpaired) electrons. The standard InChI is InChI=1S/C15H16FNO3S/c1-19-14(13-3-2-8-20-13)9-17-15(18)10-21-12-6-4-11(16)5-7-12/h2-8,14H,9-10H2,1H3,(H,17,18). The van der Waals surface area contributed by atoms with Gasteiger partial charge in [0.05, 0.1) is 18.6 Å². The molecule has 0 saturated heterocycles. The van der Waals surface area contributed by atoms with Gasteiger partial charge >= 0.3 is 0 Å². The van der Waals surface area contributed by atoms with Crippen molar-refractivity contribution in [3.8, 4) is 0 Å². The molecule has 2 rings (SSSR count). The molecule has 0 bridgehead atoms. The Kier molecular flexibility index (Phi) is 5.83. The summed E-state index contributed by atoms with van der Waals surface area (Å²) in [6.07, 6.45) is 1.26. The Bertz CT molecular complexity index is 557. The number of rotatable bonds is 7. The molecule has 1 aromatic heterocycles. The van der Waals surface area contributed by atoms with E-state index in [4.69, 9.17) is 9.15 Å². The van der Waals surface area contributed by atoms with E-state index in [1.54, 1.807) is 37.6 Å². The third-order valence-electron chi connectivity index (χ3n) is 2.81. The third kappa shape index (κ3) is 4.91. The second-order valence-corrected chi connectivity index (χ2v) is 5.34. The van der Waals surface area contributed by atoms with Crippen LogP contribution in [0.2, 0.25) is 0 Å². The maximum Gasteiger partial charge on any atom is 0.230 e. The van der Waals surface area contributed by atoms with Crippen LogP contribution in [0.4, 0.5) is 4.39 Å². The van der Waals surface area contributed by atoms with Crippen molar-refractivity contribution in [2.75, 3.05) is 19.4 Å². The molecule has 0 saturated carbocycles. The predicted octanol–water partition coefficient (Wildman–Crippen LogP) is 3.01. The summed E-state index contributed by atoms with van der Waals surface area (Å²) < 4.78 is 23.3. The molecule has 2 aromatic rings. The van der Waals surface area contributed by atoms with Crippen LogP contribution in [-0.4, -0.2) is 25.3 Å². The van der Waals surface area contributed by atoms with Crippen molar-refractivity contribution < 1.29 is 18.3 Å². The Morgan fingerprint density at radius 1 is 1.38 bits per heavy atom. The Labute approximate surface area is 126 Å². The van der Waals surface area contributed by atoms with Crippen LogP contribution in [0.25, 0.3) is 0 Å². The van der Waals surface area contributed by atoms with Crippen LogP contribution in [0.3, 0.4) is 0 Å². The minimum absolute atomic E-state index is 0.113. The fourth-order valence-electron chi connectivity index (χ4n) is 1.71.